The van der Waals surface area contributed by atoms with Gasteiger partial charge in [-0.05, 0) is 55.2 Å². The third-order valence-corrected chi connectivity index (χ3v) is 6.96. The summed E-state index contributed by atoms with van der Waals surface area (Å²) in [5.74, 6) is -0.313. The number of aromatic nitrogens is 2. The van der Waals surface area contributed by atoms with Gasteiger partial charge in [0.25, 0.3) is 5.91 Å². The van der Waals surface area contributed by atoms with Crippen LogP contribution in [0.1, 0.15) is 46.3 Å². The van der Waals surface area contributed by atoms with Gasteiger partial charge in [0.05, 0.1) is 38.0 Å². The van der Waals surface area contributed by atoms with E-state index in [-0.39, 0.29) is 29.5 Å². The standard InChI is InChI=1S/C27H29FN4O4/c1-17-3-8-22(21(28)13-17)30-26(33)19-9-11-31(12-10-19)27(34)25-23-15-36-24(14-32(23)16-29-25)18-4-6-20(35-2)7-5-18/h3-8,13,16,19,24H,9-12,14-15H2,1-2H3,(H,30,33)/t24-/m1/s1. The van der Waals surface area contributed by atoms with E-state index in [1.54, 1.807) is 37.4 Å². The van der Waals surface area contributed by atoms with Gasteiger partial charge in [0.1, 0.15) is 17.7 Å². The first-order valence-electron chi connectivity index (χ1n) is 12.1. The number of halogens is 1. The first-order chi connectivity index (χ1) is 17.4. The van der Waals surface area contributed by atoms with Crippen LogP contribution in [0.15, 0.2) is 48.8 Å². The molecule has 1 saturated heterocycles. The Morgan fingerprint density at radius 3 is 2.58 bits per heavy atom. The molecule has 1 aromatic heterocycles. The fourth-order valence-corrected chi connectivity index (χ4v) is 4.78. The lowest BCUT2D eigenvalue weighted by Gasteiger charge is -2.31. The van der Waals surface area contributed by atoms with Crippen LogP contribution in [-0.2, 0) is 22.7 Å². The number of hydrogen-bond acceptors (Lipinski definition) is 5. The van der Waals surface area contributed by atoms with Crippen molar-refractivity contribution in [2.75, 3.05) is 25.5 Å². The number of anilines is 1. The highest BCUT2D eigenvalue weighted by Crippen LogP contribution is 2.30. The zero-order chi connectivity index (χ0) is 25.2. The van der Waals surface area contributed by atoms with E-state index < -0.39 is 5.82 Å². The Labute approximate surface area is 209 Å². The van der Waals surface area contributed by atoms with Gasteiger partial charge in [-0.25, -0.2) is 9.37 Å². The lowest BCUT2D eigenvalue weighted by molar-refractivity contribution is -0.121. The zero-order valence-electron chi connectivity index (χ0n) is 20.4. The number of carbonyl (C=O) groups is 2. The summed E-state index contributed by atoms with van der Waals surface area (Å²) in [5.41, 5.74) is 3.17. The van der Waals surface area contributed by atoms with Crippen molar-refractivity contribution < 1.29 is 23.5 Å². The van der Waals surface area contributed by atoms with Gasteiger partial charge in [0.2, 0.25) is 5.91 Å². The van der Waals surface area contributed by atoms with Gasteiger partial charge >= 0.3 is 0 Å². The Kier molecular flexibility index (Phi) is 6.73. The van der Waals surface area contributed by atoms with Crippen LogP contribution in [0.4, 0.5) is 10.1 Å². The third-order valence-electron chi connectivity index (χ3n) is 6.96. The summed E-state index contributed by atoms with van der Waals surface area (Å²) in [5, 5.41) is 2.69. The van der Waals surface area contributed by atoms with Crippen molar-refractivity contribution in [2.24, 2.45) is 5.92 Å². The van der Waals surface area contributed by atoms with E-state index in [2.05, 4.69) is 10.3 Å². The van der Waals surface area contributed by atoms with Gasteiger partial charge in [-0.3, -0.25) is 9.59 Å². The quantitative estimate of drug-likeness (QED) is 0.580. The summed E-state index contributed by atoms with van der Waals surface area (Å²) in [6, 6.07) is 12.5. The SMILES string of the molecule is COc1ccc([C@H]2Cn3cnc(C(=O)N4CCC(C(=O)Nc5ccc(C)cc5F)CC4)c3CO2)cc1. The number of likely N-dealkylation sites (tertiary alicyclic amines) is 1. The molecule has 9 heteroatoms. The Morgan fingerprint density at radius 1 is 1.14 bits per heavy atom. The van der Waals surface area contributed by atoms with Crippen molar-refractivity contribution in [1.82, 2.24) is 14.5 Å². The molecule has 0 aliphatic carbocycles. The Morgan fingerprint density at radius 2 is 1.89 bits per heavy atom. The van der Waals surface area contributed by atoms with Crippen molar-refractivity contribution in [3.8, 4) is 5.75 Å². The summed E-state index contributed by atoms with van der Waals surface area (Å²) in [4.78, 5) is 32.0. The highest BCUT2D eigenvalue weighted by molar-refractivity contribution is 5.95. The van der Waals surface area contributed by atoms with Crippen LogP contribution < -0.4 is 10.1 Å². The minimum Gasteiger partial charge on any atom is -0.497 e. The molecule has 0 spiro atoms. The van der Waals surface area contributed by atoms with Crippen LogP contribution in [0.2, 0.25) is 0 Å². The summed E-state index contributed by atoms with van der Waals surface area (Å²) in [6.07, 6.45) is 2.58. The van der Waals surface area contributed by atoms with Gasteiger partial charge in [-0.1, -0.05) is 18.2 Å². The second kappa shape index (κ2) is 10.1. The zero-order valence-corrected chi connectivity index (χ0v) is 20.4. The summed E-state index contributed by atoms with van der Waals surface area (Å²) >= 11 is 0. The van der Waals surface area contributed by atoms with Crippen LogP contribution in [0.25, 0.3) is 0 Å². The number of ether oxygens (including phenoxy) is 2. The van der Waals surface area contributed by atoms with Crippen LogP contribution in [-0.4, -0.2) is 46.5 Å². The molecule has 1 N–H and O–H groups in total. The molecule has 2 aromatic carbocycles. The average Bonchev–Trinajstić information content (AvgIpc) is 3.33. The molecule has 36 heavy (non-hydrogen) atoms. The molecule has 2 aliphatic rings. The highest BCUT2D eigenvalue weighted by atomic mass is 19.1. The van der Waals surface area contributed by atoms with Crippen molar-refractivity contribution in [3.05, 3.63) is 77.1 Å². The van der Waals surface area contributed by atoms with E-state index in [0.717, 1.165) is 22.6 Å². The van der Waals surface area contributed by atoms with E-state index in [9.17, 15) is 14.0 Å². The van der Waals surface area contributed by atoms with E-state index in [1.165, 1.54) is 6.07 Å². The minimum atomic E-state index is -0.447. The van der Waals surface area contributed by atoms with Crippen LogP contribution in [0.3, 0.4) is 0 Å². The van der Waals surface area contributed by atoms with Gasteiger partial charge in [0.15, 0.2) is 5.69 Å². The number of imidazole rings is 1. The fraction of sp³-hybridized carbons (Fsp3) is 0.370. The number of rotatable bonds is 5. The number of amides is 2. The monoisotopic (exact) mass is 492 g/mol. The molecule has 8 nitrogen and oxygen atoms in total. The van der Waals surface area contributed by atoms with E-state index >= 15 is 0 Å². The number of piperidine rings is 1. The fourth-order valence-electron chi connectivity index (χ4n) is 4.78. The molecule has 3 heterocycles. The number of carbonyl (C=O) groups excluding carboxylic acids is 2. The smallest absolute Gasteiger partial charge is 0.274 e. The first kappa shape index (κ1) is 24.0. The van der Waals surface area contributed by atoms with Gasteiger partial charge in [-0.15, -0.1) is 0 Å². The van der Waals surface area contributed by atoms with Crippen LogP contribution in [0.5, 0.6) is 5.75 Å². The minimum absolute atomic E-state index is 0.131. The molecule has 1 atom stereocenters. The summed E-state index contributed by atoms with van der Waals surface area (Å²) in [7, 11) is 1.63. The largest absolute Gasteiger partial charge is 0.497 e. The van der Waals surface area contributed by atoms with Crippen molar-refractivity contribution in [2.45, 2.75) is 39.0 Å². The number of hydrogen-bond donors (Lipinski definition) is 1. The molecular formula is C27H29FN4O4. The summed E-state index contributed by atoms with van der Waals surface area (Å²) < 4.78 is 27.4. The number of methoxy groups -OCH3 is 1. The van der Waals surface area contributed by atoms with Crippen molar-refractivity contribution >= 4 is 17.5 Å². The van der Waals surface area contributed by atoms with Crippen molar-refractivity contribution in [3.63, 3.8) is 0 Å². The molecule has 0 radical (unpaired) electrons. The number of aryl methyl sites for hydroxylation is 1. The van der Waals surface area contributed by atoms with E-state index in [4.69, 9.17) is 9.47 Å². The normalized spacial score (nSPS) is 18.0. The molecule has 0 saturated carbocycles. The first-order valence-corrected chi connectivity index (χ1v) is 12.1. The lowest BCUT2D eigenvalue weighted by atomic mass is 9.95. The molecule has 0 unspecified atom stereocenters. The maximum atomic E-state index is 14.1. The lowest BCUT2D eigenvalue weighted by Crippen LogP contribution is -2.42. The molecule has 1 fully saturated rings. The Hall–Kier alpha value is -3.72. The van der Waals surface area contributed by atoms with Gasteiger partial charge < -0.3 is 24.3 Å². The maximum absolute atomic E-state index is 14.1. The number of benzene rings is 2. The van der Waals surface area contributed by atoms with Crippen molar-refractivity contribution in [1.29, 1.82) is 0 Å². The van der Waals surface area contributed by atoms with Gasteiger partial charge in [0, 0.05) is 19.0 Å². The molecule has 0 bridgehead atoms. The third kappa shape index (κ3) is 4.83. The molecule has 188 valence electrons. The van der Waals surface area contributed by atoms with E-state index in [1.807, 2.05) is 28.8 Å². The van der Waals surface area contributed by atoms with Crippen LogP contribution >= 0.6 is 0 Å². The van der Waals surface area contributed by atoms with E-state index in [0.29, 0.717) is 44.8 Å². The van der Waals surface area contributed by atoms with Crippen LogP contribution in [0, 0.1) is 18.7 Å². The predicted molar refractivity (Wildman–Crippen MR) is 131 cm³/mol. The Balaban J connectivity index is 1.18. The molecular weight excluding hydrogens is 463 g/mol. The van der Waals surface area contributed by atoms with Gasteiger partial charge in [-0.2, -0.15) is 0 Å². The average molecular weight is 493 g/mol. The second-order valence-electron chi connectivity index (χ2n) is 9.30. The topological polar surface area (TPSA) is 85.7 Å². The molecule has 5 rings (SSSR count). The second-order valence-corrected chi connectivity index (χ2v) is 9.30. The molecule has 2 aliphatic heterocycles. The number of nitrogens with zero attached hydrogens (tertiary/aromatic N) is 3. The molecule has 3 aromatic rings. The summed E-state index contributed by atoms with van der Waals surface area (Å²) in [6.45, 7) is 3.53. The maximum Gasteiger partial charge on any atom is 0.274 e. The number of fused-ring (bicyclic) bond motifs is 1. The number of nitrogens with one attached hydrogen (secondary N) is 1. The predicted octanol–water partition coefficient (Wildman–Crippen LogP) is 4.10. The molecule has 2 amide bonds. The highest BCUT2D eigenvalue weighted by Gasteiger charge is 2.32. The Bertz CT molecular complexity index is 1270.